The summed E-state index contributed by atoms with van der Waals surface area (Å²) in [6.45, 7) is 1.69. The van der Waals surface area contributed by atoms with Crippen LogP contribution in [0.2, 0.25) is 0 Å². The summed E-state index contributed by atoms with van der Waals surface area (Å²) < 4.78 is 10.5. The van der Waals surface area contributed by atoms with E-state index in [0.29, 0.717) is 28.2 Å². The predicted octanol–water partition coefficient (Wildman–Crippen LogP) is 2.83. The fourth-order valence-corrected chi connectivity index (χ4v) is 2.22. The molecule has 0 amide bonds. The van der Waals surface area contributed by atoms with E-state index in [0.717, 1.165) is 0 Å². The van der Waals surface area contributed by atoms with Gasteiger partial charge in [-0.15, -0.1) is 0 Å². The van der Waals surface area contributed by atoms with E-state index in [1.807, 2.05) is 0 Å². The molecule has 0 fully saturated rings. The Morgan fingerprint density at radius 3 is 2.24 bits per heavy atom. The molecule has 2 aromatic carbocycles. The Morgan fingerprint density at radius 2 is 1.71 bits per heavy atom. The van der Waals surface area contributed by atoms with E-state index in [1.165, 1.54) is 0 Å². The maximum atomic E-state index is 10.9. The van der Waals surface area contributed by atoms with Gasteiger partial charge in [0, 0.05) is 5.56 Å². The second kappa shape index (κ2) is 5.86. The van der Waals surface area contributed by atoms with Crippen LogP contribution in [0.25, 0.3) is 0 Å². The highest BCUT2D eigenvalue weighted by molar-refractivity contribution is 5.48. The SMILES string of the molecule is COc1ccc(OC)c(C(C)(O)c2ccc(C#N)cc2)c1. The largest absolute Gasteiger partial charge is 0.497 e. The van der Waals surface area contributed by atoms with Gasteiger partial charge in [0.25, 0.3) is 0 Å². The van der Waals surface area contributed by atoms with Crippen molar-refractivity contribution < 1.29 is 14.6 Å². The van der Waals surface area contributed by atoms with Crippen molar-refractivity contribution in [1.29, 1.82) is 5.26 Å². The van der Waals surface area contributed by atoms with Crippen LogP contribution in [-0.2, 0) is 5.60 Å². The molecule has 0 spiro atoms. The van der Waals surface area contributed by atoms with Crippen LogP contribution >= 0.6 is 0 Å². The van der Waals surface area contributed by atoms with Crippen molar-refractivity contribution in [2.24, 2.45) is 0 Å². The average Bonchev–Trinajstić information content (AvgIpc) is 2.54. The van der Waals surface area contributed by atoms with Gasteiger partial charge in [0.1, 0.15) is 17.1 Å². The summed E-state index contributed by atoms with van der Waals surface area (Å²) in [6.07, 6.45) is 0. The third-order valence-corrected chi connectivity index (χ3v) is 3.51. The molecule has 2 rings (SSSR count). The lowest BCUT2D eigenvalue weighted by atomic mass is 9.87. The monoisotopic (exact) mass is 283 g/mol. The second-order valence-corrected chi connectivity index (χ2v) is 4.83. The Morgan fingerprint density at radius 1 is 1.05 bits per heavy atom. The molecule has 21 heavy (non-hydrogen) atoms. The Hall–Kier alpha value is -2.51. The maximum absolute atomic E-state index is 10.9. The van der Waals surface area contributed by atoms with Crippen LogP contribution in [-0.4, -0.2) is 19.3 Å². The molecule has 0 aliphatic heterocycles. The summed E-state index contributed by atoms with van der Waals surface area (Å²) in [4.78, 5) is 0. The smallest absolute Gasteiger partial charge is 0.125 e. The number of aliphatic hydroxyl groups is 1. The number of ether oxygens (including phenoxy) is 2. The highest BCUT2D eigenvalue weighted by Crippen LogP contribution is 2.37. The summed E-state index contributed by atoms with van der Waals surface area (Å²) in [5, 5.41) is 19.8. The van der Waals surface area contributed by atoms with E-state index >= 15 is 0 Å². The van der Waals surface area contributed by atoms with Crippen LogP contribution in [0.1, 0.15) is 23.6 Å². The molecule has 0 saturated heterocycles. The van der Waals surface area contributed by atoms with E-state index in [9.17, 15) is 5.11 Å². The fourth-order valence-electron chi connectivity index (χ4n) is 2.22. The van der Waals surface area contributed by atoms with Gasteiger partial charge < -0.3 is 14.6 Å². The van der Waals surface area contributed by atoms with Gasteiger partial charge in [0.2, 0.25) is 0 Å². The lowest BCUT2D eigenvalue weighted by Gasteiger charge is -2.26. The Balaban J connectivity index is 2.53. The third-order valence-electron chi connectivity index (χ3n) is 3.51. The first-order valence-corrected chi connectivity index (χ1v) is 6.48. The minimum Gasteiger partial charge on any atom is -0.497 e. The topological polar surface area (TPSA) is 62.5 Å². The first-order chi connectivity index (χ1) is 10.0. The zero-order valence-electron chi connectivity index (χ0n) is 12.3. The number of rotatable bonds is 4. The van der Waals surface area contributed by atoms with Crippen LogP contribution in [0, 0.1) is 11.3 Å². The van der Waals surface area contributed by atoms with Gasteiger partial charge in [-0.05, 0) is 42.8 Å². The minimum atomic E-state index is -1.26. The van der Waals surface area contributed by atoms with Crippen molar-refractivity contribution in [2.75, 3.05) is 14.2 Å². The van der Waals surface area contributed by atoms with Crippen LogP contribution in [0.15, 0.2) is 42.5 Å². The van der Waals surface area contributed by atoms with Crippen LogP contribution < -0.4 is 9.47 Å². The number of benzene rings is 2. The molecular weight excluding hydrogens is 266 g/mol. The quantitative estimate of drug-likeness (QED) is 0.937. The van der Waals surface area contributed by atoms with E-state index < -0.39 is 5.60 Å². The summed E-state index contributed by atoms with van der Waals surface area (Å²) in [6, 6.07) is 14.2. The molecule has 4 heteroatoms. The van der Waals surface area contributed by atoms with Gasteiger partial charge in [-0.3, -0.25) is 0 Å². The van der Waals surface area contributed by atoms with Crippen molar-refractivity contribution in [2.45, 2.75) is 12.5 Å². The Bertz CT molecular complexity index is 669. The van der Waals surface area contributed by atoms with Gasteiger partial charge >= 0.3 is 0 Å². The molecule has 1 atom stereocenters. The zero-order chi connectivity index (χ0) is 15.5. The van der Waals surface area contributed by atoms with Gasteiger partial charge in [0.15, 0.2) is 0 Å². The summed E-state index contributed by atoms with van der Waals surface area (Å²) in [5.41, 5.74) is 0.572. The van der Waals surface area contributed by atoms with Gasteiger partial charge in [-0.25, -0.2) is 0 Å². The zero-order valence-corrected chi connectivity index (χ0v) is 12.3. The normalized spacial score (nSPS) is 13.1. The van der Waals surface area contributed by atoms with Crippen molar-refractivity contribution >= 4 is 0 Å². The van der Waals surface area contributed by atoms with Crippen LogP contribution in [0.3, 0.4) is 0 Å². The van der Waals surface area contributed by atoms with Crippen LogP contribution in [0.5, 0.6) is 11.5 Å². The number of hydrogen-bond acceptors (Lipinski definition) is 4. The van der Waals surface area contributed by atoms with Crippen molar-refractivity contribution in [3.8, 4) is 17.6 Å². The molecular formula is C17H17NO3. The molecule has 1 unspecified atom stereocenters. The first kappa shape index (κ1) is 14.9. The lowest BCUT2D eigenvalue weighted by Crippen LogP contribution is -2.23. The van der Waals surface area contributed by atoms with Crippen LogP contribution in [0.4, 0.5) is 0 Å². The van der Waals surface area contributed by atoms with E-state index in [4.69, 9.17) is 14.7 Å². The molecule has 0 radical (unpaired) electrons. The molecule has 0 heterocycles. The van der Waals surface area contributed by atoms with Crippen molar-refractivity contribution in [3.63, 3.8) is 0 Å². The highest BCUT2D eigenvalue weighted by atomic mass is 16.5. The maximum Gasteiger partial charge on any atom is 0.125 e. The van der Waals surface area contributed by atoms with Gasteiger partial charge in [-0.2, -0.15) is 5.26 Å². The average molecular weight is 283 g/mol. The summed E-state index contributed by atoms with van der Waals surface area (Å²) in [5.74, 6) is 1.21. The summed E-state index contributed by atoms with van der Waals surface area (Å²) in [7, 11) is 3.13. The Labute approximate surface area is 124 Å². The van der Waals surface area contributed by atoms with E-state index in [1.54, 1.807) is 63.6 Å². The molecule has 0 aromatic heterocycles. The molecule has 0 saturated carbocycles. The molecule has 0 bridgehead atoms. The molecule has 0 aliphatic rings. The standard InChI is InChI=1S/C17H17NO3/c1-17(19,13-6-4-12(11-18)5-7-13)15-10-14(20-2)8-9-16(15)21-3/h4-10,19H,1-3H3. The summed E-state index contributed by atoms with van der Waals surface area (Å²) >= 11 is 0. The van der Waals surface area contributed by atoms with E-state index in [2.05, 4.69) is 6.07 Å². The molecule has 1 N–H and O–H groups in total. The highest BCUT2D eigenvalue weighted by Gasteiger charge is 2.29. The third kappa shape index (κ3) is 2.83. The second-order valence-electron chi connectivity index (χ2n) is 4.83. The molecule has 2 aromatic rings. The van der Waals surface area contributed by atoms with Crippen molar-refractivity contribution in [3.05, 3.63) is 59.2 Å². The van der Waals surface area contributed by atoms with E-state index in [-0.39, 0.29) is 0 Å². The van der Waals surface area contributed by atoms with Gasteiger partial charge in [0.05, 0.1) is 25.9 Å². The first-order valence-electron chi connectivity index (χ1n) is 6.48. The predicted molar refractivity (Wildman–Crippen MR) is 79.4 cm³/mol. The lowest BCUT2D eigenvalue weighted by molar-refractivity contribution is 0.0986. The molecule has 108 valence electrons. The fraction of sp³-hybridized carbons (Fsp3) is 0.235. The molecule has 0 aliphatic carbocycles. The van der Waals surface area contributed by atoms with Crippen molar-refractivity contribution in [1.82, 2.24) is 0 Å². The number of nitriles is 1. The number of nitrogens with zero attached hydrogens (tertiary/aromatic N) is 1. The number of hydrogen-bond donors (Lipinski definition) is 1. The Kier molecular flexibility index (Phi) is 4.15. The molecule has 4 nitrogen and oxygen atoms in total. The number of methoxy groups -OCH3 is 2. The van der Waals surface area contributed by atoms with Gasteiger partial charge in [-0.1, -0.05) is 12.1 Å². The minimum absolute atomic E-state index is 0.548.